The summed E-state index contributed by atoms with van der Waals surface area (Å²) in [6.45, 7) is 1.62. The Balaban J connectivity index is 1.60. The Bertz CT molecular complexity index is 1090. The molecule has 1 saturated heterocycles. The number of amides is 3. The molecule has 9 heteroatoms. The molecular weight excluding hydrogens is 443 g/mol. The molecule has 4 rings (SSSR count). The van der Waals surface area contributed by atoms with Crippen LogP contribution in [0.1, 0.15) is 24.8 Å². The molecule has 148 valence electrons. The first-order valence-electron chi connectivity index (χ1n) is 8.92. The summed E-state index contributed by atoms with van der Waals surface area (Å²) < 4.78 is 19.7. The summed E-state index contributed by atoms with van der Waals surface area (Å²) in [4.78, 5) is 26.7. The zero-order valence-electron chi connectivity index (χ0n) is 15.4. The van der Waals surface area contributed by atoms with Crippen LogP contribution in [0, 0.1) is 5.82 Å². The summed E-state index contributed by atoms with van der Waals surface area (Å²) in [6.07, 6.45) is 0.311. The molecule has 1 fully saturated rings. The Hall–Kier alpha value is -3.07. The van der Waals surface area contributed by atoms with Gasteiger partial charge in [0.05, 0.1) is 5.56 Å². The second-order valence-electron chi connectivity index (χ2n) is 6.57. The third-order valence-electron chi connectivity index (χ3n) is 4.91. The van der Waals surface area contributed by atoms with Crippen molar-refractivity contribution >= 4 is 27.9 Å². The fraction of sp³-hybridized carbons (Fsp3) is 0.200. The standard InChI is InChI=1S/C20H16BrFN4O3/c1-2-20(12-7-9-13(22)10-8-12)18(27)26(19(28)23-20)11-16-24-25-17(29-16)14-5-3-4-6-15(14)21/h3-10H,2,11H2,1H3,(H,23,28)/t20-/m1/s1. The van der Waals surface area contributed by atoms with Gasteiger partial charge in [0.1, 0.15) is 17.9 Å². The van der Waals surface area contributed by atoms with E-state index in [1.165, 1.54) is 24.3 Å². The average molecular weight is 459 g/mol. The van der Waals surface area contributed by atoms with Gasteiger partial charge in [-0.05, 0) is 52.2 Å². The number of halogens is 2. The van der Waals surface area contributed by atoms with E-state index < -0.39 is 23.3 Å². The van der Waals surface area contributed by atoms with Crippen LogP contribution in [0.4, 0.5) is 9.18 Å². The number of aromatic nitrogens is 2. The SMILES string of the molecule is CC[C@]1(c2ccc(F)cc2)NC(=O)N(Cc2nnc(-c3ccccc3Br)o2)C1=O. The Morgan fingerprint density at radius 3 is 2.55 bits per heavy atom. The number of urea groups is 1. The van der Waals surface area contributed by atoms with Gasteiger partial charge < -0.3 is 9.73 Å². The van der Waals surface area contributed by atoms with Gasteiger partial charge >= 0.3 is 6.03 Å². The van der Waals surface area contributed by atoms with Crippen LogP contribution in [-0.2, 0) is 16.9 Å². The number of carbonyl (C=O) groups is 2. The quantitative estimate of drug-likeness (QED) is 0.583. The molecule has 3 aromatic rings. The lowest BCUT2D eigenvalue weighted by atomic mass is 9.87. The van der Waals surface area contributed by atoms with E-state index in [0.29, 0.717) is 17.5 Å². The highest BCUT2D eigenvalue weighted by Gasteiger charge is 2.51. The molecule has 2 aromatic carbocycles. The summed E-state index contributed by atoms with van der Waals surface area (Å²) in [7, 11) is 0. The molecule has 7 nitrogen and oxygen atoms in total. The van der Waals surface area contributed by atoms with E-state index in [1.54, 1.807) is 6.92 Å². The van der Waals surface area contributed by atoms with E-state index in [4.69, 9.17) is 4.42 Å². The molecule has 0 aliphatic carbocycles. The number of rotatable bonds is 5. The van der Waals surface area contributed by atoms with Crippen molar-refractivity contribution in [1.29, 1.82) is 0 Å². The second kappa shape index (κ2) is 7.40. The number of nitrogens with zero attached hydrogens (tertiary/aromatic N) is 3. The molecule has 0 saturated carbocycles. The van der Waals surface area contributed by atoms with Crippen molar-refractivity contribution in [2.45, 2.75) is 25.4 Å². The zero-order valence-corrected chi connectivity index (χ0v) is 16.9. The first kappa shape index (κ1) is 19.3. The van der Waals surface area contributed by atoms with Gasteiger partial charge in [-0.2, -0.15) is 0 Å². The first-order chi connectivity index (χ1) is 13.9. The van der Waals surface area contributed by atoms with Crippen molar-refractivity contribution in [3.05, 3.63) is 70.3 Å². The van der Waals surface area contributed by atoms with E-state index >= 15 is 0 Å². The first-order valence-corrected chi connectivity index (χ1v) is 9.71. The lowest BCUT2D eigenvalue weighted by Gasteiger charge is -2.25. The minimum Gasteiger partial charge on any atom is -0.419 e. The van der Waals surface area contributed by atoms with Gasteiger partial charge in [0, 0.05) is 4.47 Å². The van der Waals surface area contributed by atoms with Gasteiger partial charge in [-0.1, -0.05) is 31.2 Å². The fourth-order valence-electron chi connectivity index (χ4n) is 3.34. The molecule has 1 aliphatic heterocycles. The molecular formula is C20H16BrFN4O3. The Kier molecular flexibility index (Phi) is 4.91. The minimum atomic E-state index is -1.25. The van der Waals surface area contributed by atoms with Crippen molar-refractivity contribution in [2.24, 2.45) is 0 Å². The van der Waals surface area contributed by atoms with Gasteiger partial charge in [0.2, 0.25) is 11.8 Å². The maximum Gasteiger partial charge on any atom is 0.325 e. The van der Waals surface area contributed by atoms with E-state index in [2.05, 4.69) is 31.4 Å². The van der Waals surface area contributed by atoms with Crippen LogP contribution in [0.25, 0.3) is 11.5 Å². The maximum absolute atomic E-state index is 13.3. The minimum absolute atomic E-state index is 0.130. The lowest BCUT2D eigenvalue weighted by Crippen LogP contribution is -2.43. The lowest BCUT2D eigenvalue weighted by molar-refractivity contribution is -0.132. The van der Waals surface area contributed by atoms with E-state index in [0.717, 1.165) is 9.37 Å². The van der Waals surface area contributed by atoms with Gasteiger partial charge in [0.15, 0.2) is 0 Å². The Morgan fingerprint density at radius 1 is 1.14 bits per heavy atom. The number of benzene rings is 2. The summed E-state index contributed by atoms with van der Waals surface area (Å²) in [5.74, 6) is -0.457. The smallest absolute Gasteiger partial charge is 0.325 e. The maximum atomic E-state index is 13.3. The van der Waals surface area contributed by atoms with Crippen molar-refractivity contribution in [1.82, 2.24) is 20.4 Å². The number of carbonyl (C=O) groups excluding carboxylic acids is 2. The van der Waals surface area contributed by atoms with E-state index in [-0.39, 0.29) is 18.3 Å². The van der Waals surface area contributed by atoms with Gasteiger partial charge in [0.25, 0.3) is 5.91 Å². The number of nitrogens with one attached hydrogen (secondary N) is 1. The molecule has 0 radical (unpaired) electrons. The molecule has 1 aliphatic rings. The number of hydrogen-bond acceptors (Lipinski definition) is 5. The Labute approximate surface area is 174 Å². The van der Waals surface area contributed by atoms with Gasteiger partial charge in [-0.3, -0.25) is 9.69 Å². The van der Waals surface area contributed by atoms with Crippen LogP contribution in [-0.4, -0.2) is 27.0 Å². The molecule has 0 unspecified atom stereocenters. The molecule has 1 atom stereocenters. The average Bonchev–Trinajstić information content (AvgIpc) is 3.28. The largest absolute Gasteiger partial charge is 0.419 e. The van der Waals surface area contributed by atoms with Crippen LogP contribution >= 0.6 is 15.9 Å². The van der Waals surface area contributed by atoms with Crippen LogP contribution in [0.15, 0.2) is 57.4 Å². The predicted octanol–water partition coefficient (Wildman–Crippen LogP) is 4.00. The van der Waals surface area contributed by atoms with Crippen molar-refractivity contribution in [3.63, 3.8) is 0 Å². The van der Waals surface area contributed by atoms with Crippen LogP contribution in [0.3, 0.4) is 0 Å². The van der Waals surface area contributed by atoms with Crippen LogP contribution < -0.4 is 5.32 Å². The van der Waals surface area contributed by atoms with Crippen molar-refractivity contribution in [3.8, 4) is 11.5 Å². The molecule has 0 bridgehead atoms. The highest BCUT2D eigenvalue weighted by Crippen LogP contribution is 2.33. The molecule has 0 spiro atoms. The summed E-state index contributed by atoms with van der Waals surface area (Å²) in [6, 6.07) is 12.3. The third-order valence-corrected chi connectivity index (χ3v) is 5.60. The third kappa shape index (κ3) is 3.31. The van der Waals surface area contributed by atoms with Crippen LogP contribution in [0.2, 0.25) is 0 Å². The molecule has 1 N–H and O–H groups in total. The summed E-state index contributed by atoms with van der Waals surface area (Å²) >= 11 is 3.42. The van der Waals surface area contributed by atoms with Gasteiger partial charge in [-0.25, -0.2) is 9.18 Å². The van der Waals surface area contributed by atoms with Crippen LogP contribution in [0.5, 0.6) is 0 Å². The summed E-state index contributed by atoms with van der Waals surface area (Å²) in [5.41, 5.74) is -0.0323. The normalized spacial score (nSPS) is 18.9. The predicted molar refractivity (Wildman–Crippen MR) is 105 cm³/mol. The van der Waals surface area contributed by atoms with Gasteiger partial charge in [-0.15, -0.1) is 10.2 Å². The van der Waals surface area contributed by atoms with Crippen molar-refractivity contribution in [2.75, 3.05) is 0 Å². The highest BCUT2D eigenvalue weighted by atomic mass is 79.9. The monoisotopic (exact) mass is 458 g/mol. The van der Waals surface area contributed by atoms with Crippen molar-refractivity contribution < 1.29 is 18.4 Å². The number of hydrogen-bond donors (Lipinski definition) is 1. The topological polar surface area (TPSA) is 88.3 Å². The molecule has 3 amide bonds. The number of imide groups is 1. The fourth-order valence-corrected chi connectivity index (χ4v) is 3.79. The van der Waals surface area contributed by atoms with E-state index in [1.807, 2.05) is 24.3 Å². The molecule has 1 aromatic heterocycles. The Morgan fingerprint density at radius 2 is 1.86 bits per heavy atom. The molecule has 29 heavy (non-hydrogen) atoms. The second-order valence-corrected chi connectivity index (χ2v) is 7.42. The summed E-state index contributed by atoms with van der Waals surface area (Å²) in [5, 5.41) is 10.7. The zero-order chi connectivity index (χ0) is 20.6. The molecule has 2 heterocycles. The van der Waals surface area contributed by atoms with E-state index in [9.17, 15) is 14.0 Å². The highest BCUT2D eigenvalue weighted by molar-refractivity contribution is 9.10.